The molecule has 26 heavy (non-hydrogen) atoms. The molecular formula is C20H24N4O2. The number of amides is 1. The van der Waals surface area contributed by atoms with Crippen LogP contribution in [0.3, 0.4) is 0 Å². The lowest BCUT2D eigenvalue weighted by atomic mass is 10.1. The average Bonchev–Trinajstić information content (AvgIpc) is 3.20. The van der Waals surface area contributed by atoms with Crippen LogP contribution in [-0.4, -0.2) is 44.4 Å². The Morgan fingerprint density at radius 3 is 3.00 bits per heavy atom. The lowest BCUT2D eigenvalue weighted by molar-refractivity contribution is 0.0424. The average molecular weight is 352 g/mol. The van der Waals surface area contributed by atoms with Gasteiger partial charge in [0, 0.05) is 43.5 Å². The molecule has 0 bridgehead atoms. The third-order valence-corrected chi connectivity index (χ3v) is 5.15. The van der Waals surface area contributed by atoms with E-state index in [1.54, 1.807) is 6.20 Å². The predicted molar refractivity (Wildman–Crippen MR) is 99.9 cm³/mol. The van der Waals surface area contributed by atoms with Crippen molar-refractivity contribution in [2.24, 2.45) is 7.05 Å². The molecule has 0 radical (unpaired) electrons. The number of fused-ring (bicyclic) bond motifs is 2. The second kappa shape index (κ2) is 6.96. The molecule has 0 N–H and O–H groups in total. The van der Waals surface area contributed by atoms with Gasteiger partial charge in [-0.15, -0.1) is 0 Å². The lowest BCUT2D eigenvalue weighted by Crippen LogP contribution is -2.41. The van der Waals surface area contributed by atoms with E-state index in [2.05, 4.69) is 5.10 Å². The number of ether oxygens (including phenoxy) is 1. The van der Waals surface area contributed by atoms with Crippen molar-refractivity contribution >= 4 is 16.8 Å². The summed E-state index contributed by atoms with van der Waals surface area (Å²) in [7, 11) is 1.98. The third kappa shape index (κ3) is 2.90. The van der Waals surface area contributed by atoms with Gasteiger partial charge in [0.1, 0.15) is 0 Å². The number of aromatic nitrogens is 3. The highest BCUT2D eigenvalue weighted by molar-refractivity contribution is 6.07. The van der Waals surface area contributed by atoms with Crippen LogP contribution in [0.25, 0.3) is 10.9 Å². The molecule has 3 aromatic rings. The van der Waals surface area contributed by atoms with E-state index in [0.29, 0.717) is 19.8 Å². The number of hydrogen-bond donors (Lipinski definition) is 0. The first-order valence-corrected chi connectivity index (χ1v) is 9.12. The number of carbonyl (C=O) groups excluding carboxylic acids is 1. The number of para-hydroxylation sites is 1. The fraction of sp³-hybridized carbons (Fsp3) is 0.400. The number of benzene rings is 1. The van der Waals surface area contributed by atoms with Crippen LogP contribution in [0, 0.1) is 0 Å². The summed E-state index contributed by atoms with van der Waals surface area (Å²) >= 11 is 0. The highest BCUT2D eigenvalue weighted by atomic mass is 16.5. The first-order valence-electron chi connectivity index (χ1n) is 9.12. The Morgan fingerprint density at radius 1 is 1.31 bits per heavy atom. The summed E-state index contributed by atoms with van der Waals surface area (Å²) in [5, 5.41) is 5.38. The molecule has 0 spiro atoms. The molecule has 1 aromatic carbocycles. The zero-order valence-electron chi connectivity index (χ0n) is 15.3. The van der Waals surface area contributed by atoms with Crippen molar-refractivity contribution in [1.29, 1.82) is 0 Å². The molecule has 1 atom stereocenters. The fourth-order valence-corrected chi connectivity index (χ4v) is 3.76. The van der Waals surface area contributed by atoms with Crippen LogP contribution < -0.4 is 0 Å². The summed E-state index contributed by atoms with van der Waals surface area (Å²) in [6.45, 7) is 4.55. The van der Waals surface area contributed by atoms with Crippen LogP contribution in [0.4, 0.5) is 0 Å². The van der Waals surface area contributed by atoms with Gasteiger partial charge in [0.05, 0.1) is 30.5 Å². The third-order valence-electron chi connectivity index (χ3n) is 5.15. The molecule has 1 aliphatic rings. The molecule has 1 amide bonds. The first-order chi connectivity index (χ1) is 12.7. The van der Waals surface area contributed by atoms with Gasteiger partial charge in [-0.05, 0) is 25.5 Å². The van der Waals surface area contributed by atoms with E-state index < -0.39 is 0 Å². The Hall–Kier alpha value is -2.60. The van der Waals surface area contributed by atoms with E-state index in [1.165, 1.54) is 0 Å². The van der Waals surface area contributed by atoms with Gasteiger partial charge in [0.2, 0.25) is 0 Å². The number of aryl methyl sites for hydroxylation is 2. The van der Waals surface area contributed by atoms with Crippen molar-refractivity contribution < 1.29 is 9.53 Å². The van der Waals surface area contributed by atoms with E-state index in [0.717, 1.165) is 35.1 Å². The molecule has 6 nitrogen and oxygen atoms in total. The molecular weight excluding hydrogens is 328 g/mol. The number of nitrogens with zero attached hydrogens (tertiary/aromatic N) is 4. The molecule has 4 rings (SSSR count). The Bertz CT molecular complexity index is 927. The molecule has 0 saturated carbocycles. The van der Waals surface area contributed by atoms with Crippen LogP contribution in [-0.2, 0) is 24.9 Å². The smallest absolute Gasteiger partial charge is 0.256 e. The minimum atomic E-state index is 0.0446. The van der Waals surface area contributed by atoms with Crippen LogP contribution in [0.5, 0.6) is 0 Å². The van der Waals surface area contributed by atoms with E-state index in [9.17, 15) is 4.79 Å². The molecule has 0 unspecified atom stereocenters. The number of hydrogen-bond acceptors (Lipinski definition) is 3. The van der Waals surface area contributed by atoms with Gasteiger partial charge in [-0.1, -0.05) is 18.2 Å². The van der Waals surface area contributed by atoms with Gasteiger partial charge >= 0.3 is 0 Å². The predicted octanol–water partition coefficient (Wildman–Crippen LogP) is 2.83. The maximum atomic E-state index is 13.5. The minimum Gasteiger partial charge on any atom is -0.380 e. The Labute approximate surface area is 153 Å². The molecule has 0 fully saturated rings. The number of rotatable bonds is 4. The second-order valence-electron chi connectivity index (χ2n) is 6.75. The first kappa shape index (κ1) is 16.8. The SMILES string of the molecule is CCOC[C@H]1CCn2nccc2CN1C(=O)c1cn(C)c2ccccc12. The van der Waals surface area contributed by atoms with Crippen molar-refractivity contribution in [1.82, 2.24) is 19.2 Å². The zero-order chi connectivity index (χ0) is 18.1. The highest BCUT2D eigenvalue weighted by Gasteiger charge is 2.30. The van der Waals surface area contributed by atoms with Crippen molar-refractivity contribution in [3.63, 3.8) is 0 Å². The van der Waals surface area contributed by atoms with Crippen molar-refractivity contribution in [3.05, 3.63) is 54.0 Å². The highest BCUT2D eigenvalue weighted by Crippen LogP contribution is 2.25. The summed E-state index contributed by atoms with van der Waals surface area (Å²) in [6, 6.07) is 10.1. The summed E-state index contributed by atoms with van der Waals surface area (Å²) in [5.41, 5.74) is 2.88. The van der Waals surface area contributed by atoms with Crippen LogP contribution in [0.2, 0.25) is 0 Å². The molecule has 3 heterocycles. The van der Waals surface area contributed by atoms with Gasteiger partial charge in [-0.2, -0.15) is 5.10 Å². The maximum absolute atomic E-state index is 13.5. The largest absolute Gasteiger partial charge is 0.380 e. The van der Waals surface area contributed by atoms with Crippen molar-refractivity contribution in [3.8, 4) is 0 Å². The molecule has 136 valence electrons. The van der Waals surface area contributed by atoms with E-state index >= 15 is 0 Å². The second-order valence-corrected chi connectivity index (χ2v) is 6.75. The van der Waals surface area contributed by atoms with Gasteiger partial charge < -0.3 is 14.2 Å². The topological polar surface area (TPSA) is 52.3 Å². The van der Waals surface area contributed by atoms with Gasteiger partial charge in [-0.25, -0.2) is 0 Å². The van der Waals surface area contributed by atoms with E-state index in [4.69, 9.17) is 4.74 Å². The van der Waals surface area contributed by atoms with Gasteiger partial charge in [-0.3, -0.25) is 9.48 Å². The lowest BCUT2D eigenvalue weighted by Gasteiger charge is -2.29. The zero-order valence-corrected chi connectivity index (χ0v) is 15.3. The monoisotopic (exact) mass is 352 g/mol. The standard InChI is InChI=1S/C20H24N4O2/c1-3-26-14-16-9-11-24-15(8-10-21-24)12-23(16)20(25)18-13-22(2)19-7-5-4-6-17(18)19/h4-8,10,13,16H,3,9,11-12,14H2,1-2H3/t16-/m1/s1. The molecule has 0 saturated heterocycles. The van der Waals surface area contributed by atoms with Gasteiger partial charge in [0.15, 0.2) is 0 Å². The normalized spacial score (nSPS) is 17.3. The molecule has 6 heteroatoms. The van der Waals surface area contributed by atoms with Crippen LogP contribution >= 0.6 is 0 Å². The number of carbonyl (C=O) groups is 1. The molecule has 2 aromatic heterocycles. The summed E-state index contributed by atoms with van der Waals surface area (Å²) in [5.74, 6) is 0.0566. The van der Waals surface area contributed by atoms with Gasteiger partial charge in [0.25, 0.3) is 5.91 Å². The Balaban J connectivity index is 1.72. The minimum absolute atomic E-state index is 0.0446. The molecule has 1 aliphatic heterocycles. The van der Waals surface area contributed by atoms with Crippen molar-refractivity contribution in [2.45, 2.75) is 32.5 Å². The maximum Gasteiger partial charge on any atom is 0.256 e. The quantitative estimate of drug-likeness (QED) is 0.725. The van der Waals surface area contributed by atoms with Crippen LogP contribution in [0.1, 0.15) is 29.4 Å². The summed E-state index contributed by atoms with van der Waals surface area (Å²) in [6.07, 6.45) is 4.58. The fourth-order valence-electron chi connectivity index (χ4n) is 3.76. The van der Waals surface area contributed by atoms with Crippen molar-refractivity contribution in [2.75, 3.05) is 13.2 Å². The summed E-state index contributed by atoms with van der Waals surface area (Å²) < 4.78 is 9.70. The van der Waals surface area contributed by atoms with Crippen LogP contribution in [0.15, 0.2) is 42.7 Å². The van der Waals surface area contributed by atoms with E-state index in [1.807, 2.05) is 64.6 Å². The summed E-state index contributed by atoms with van der Waals surface area (Å²) in [4.78, 5) is 15.5. The van der Waals surface area contributed by atoms with E-state index in [-0.39, 0.29) is 11.9 Å². The Morgan fingerprint density at radius 2 is 2.15 bits per heavy atom. The Kier molecular flexibility index (Phi) is 4.51. The molecule has 0 aliphatic carbocycles.